The molecule has 1 amide bonds. The molecule has 1 aromatic carbocycles. The van der Waals surface area contributed by atoms with Crippen LogP contribution < -0.4 is 5.32 Å². The van der Waals surface area contributed by atoms with Crippen LogP contribution in [0.4, 0.5) is 0 Å². The molecule has 0 spiro atoms. The van der Waals surface area contributed by atoms with Gasteiger partial charge in [-0.15, -0.1) is 0 Å². The van der Waals surface area contributed by atoms with E-state index in [0.29, 0.717) is 5.41 Å². The molecule has 1 aromatic heterocycles. The predicted octanol–water partition coefficient (Wildman–Crippen LogP) is 3.70. The van der Waals surface area contributed by atoms with Crippen LogP contribution in [-0.4, -0.2) is 17.4 Å². The molecule has 21 heavy (non-hydrogen) atoms. The van der Waals surface area contributed by atoms with Crippen molar-refractivity contribution in [3.63, 3.8) is 0 Å². The Morgan fingerprint density at radius 2 is 2.10 bits per heavy atom. The van der Waals surface area contributed by atoms with Crippen LogP contribution in [0.5, 0.6) is 0 Å². The zero-order valence-electron chi connectivity index (χ0n) is 12.8. The minimum atomic E-state index is 0.0714. The van der Waals surface area contributed by atoms with Crippen molar-refractivity contribution in [2.75, 3.05) is 6.54 Å². The average Bonchev–Trinajstić information content (AvgIpc) is 3.36. The van der Waals surface area contributed by atoms with Gasteiger partial charge in [0.05, 0.1) is 0 Å². The molecule has 110 valence electrons. The highest BCUT2D eigenvalue weighted by Crippen LogP contribution is 2.60. The molecule has 0 bridgehead atoms. The predicted molar refractivity (Wildman–Crippen MR) is 84.5 cm³/mol. The third-order valence-electron chi connectivity index (χ3n) is 5.51. The van der Waals surface area contributed by atoms with Gasteiger partial charge < -0.3 is 10.3 Å². The number of amides is 1. The number of H-pyrrole nitrogens is 1. The molecule has 2 aliphatic carbocycles. The Kier molecular flexibility index (Phi) is 2.69. The van der Waals surface area contributed by atoms with E-state index in [9.17, 15) is 4.79 Å². The molecule has 2 N–H and O–H groups in total. The second-order valence-corrected chi connectivity index (χ2v) is 6.95. The van der Waals surface area contributed by atoms with Crippen molar-refractivity contribution in [1.29, 1.82) is 0 Å². The van der Waals surface area contributed by atoms with Crippen molar-refractivity contribution >= 4 is 16.8 Å². The number of aromatic nitrogens is 1. The van der Waals surface area contributed by atoms with Crippen LogP contribution in [0.3, 0.4) is 0 Å². The molecule has 2 aromatic rings. The normalized spacial score (nSPS) is 19.7. The number of aromatic amines is 1. The van der Waals surface area contributed by atoms with Crippen LogP contribution in [0, 0.1) is 25.2 Å². The number of hydrogen-bond donors (Lipinski definition) is 2. The summed E-state index contributed by atoms with van der Waals surface area (Å²) in [7, 11) is 0. The first-order valence-corrected chi connectivity index (χ1v) is 7.96. The van der Waals surface area contributed by atoms with Gasteiger partial charge in [-0.1, -0.05) is 0 Å². The first-order valence-electron chi connectivity index (χ1n) is 7.96. The number of carbonyl (C=O) groups is 1. The van der Waals surface area contributed by atoms with Crippen LogP contribution in [0.15, 0.2) is 18.2 Å². The molecular weight excluding hydrogens is 260 g/mol. The van der Waals surface area contributed by atoms with Crippen molar-refractivity contribution < 1.29 is 4.79 Å². The van der Waals surface area contributed by atoms with Crippen molar-refractivity contribution in [3.8, 4) is 0 Å². The fraction of sp³-hybridized carbons (Fsp3) is 0.500. The molecule has 2 fully saturated rings. The lowest BCUT2D eigenvalue weighted by Crippen LogP contribution is -2.31. The summed E-state index contributed by atoms with van der Waals surface area (Å²) in [4.78, 5) is 15.8. The lowest BCUT2D eigenvalue weighted by Gasteiger charge is -2.15. The van der Waals surface area contributed by atoms with Crippen molar-refractivity contribution in [3.05, 3.63) is 35.0 Å². The summed E-state index contributed by atoms with van der Waals surface area (Å²) < 4.78 is 0. The maximum atomic E-state index is 12.4. The topological polar surface area (TPSA) is 44.9 Å². The van der Waals surface area contributed by atoms with E-state index in [-0.39, 0.29) is 5.91 Å². The van der Waals surface area contributed by atoms with Gasteiger partial charge in [0, 0.05) is 28.7 Å². The van der Waals surface area contributed by atoms with Gasteiger partial charge in [-0.3, -0.25) is 4.79 Å². The minimum Gasteiger partial charge on any atom is -0.358 e. The molecule has 4 rings (SSSR count). The molecule has 3 nitrogen and oxygen atoms in total. The fourth-order valence-electron chi connectivity index (χ4n) is 3.55. The molecule has 0 saturated heterocycles. The van der Waals surface area contributed by atoms with Crippen molar-refractivity contribution in [2.24, 2.45) is 11.3 Å². The molecule has 0 atom stereocenters. The van der Waals surface area contributed by atoms with Gasteiger partial charge >= 0.3 is 0 Å². The van der Waals surface area contributed by atoms with Crippen LogP contribution in [0.2, 0.25) is 0 Å². The summed E-state index contributed by atoms with van der Waals surface area (Å²) in [5.41, 5.74) is 4.75. The van der Waals surface area contributed by atoms with E-state index in [2.05, 4.69) is 24.1 Å². The molecule has 2 saturated carbocycles. The molecule has 0 radical (unpaired) electrons. The van der Waals surface area contributed by atoms with Gasteiger partial charge in [0.15, 0.2) is 0 Å². The number of nitrogens with one attached hydrogen (secondary N) is 2. The Morgan fingerprint density at radius 1 is 1.33 bits per heavy atom. The minimum absolute atomic E-state index is 0.0714. The molecule has 0 aliphatic heterocycles. The number of benzene rings is 1. The summed E-state index contributed by atoms with van der Waals surface area (Å²) >= 11 is 0. The second kappa shape index (κ2) is 4.36. The number of rotatable bonds is 4. The van der Waals surface area contributed by atoms with E-state index in [0.717, 1.165) is 28.9 Å². The summed E-state index contributed by atoms with van der Waals surface area (Å²) in [6, 6.07) is 5.95. The number of carbonyl (C=O) groups excluding carboxylic acids is 1. The largest absolute Gasteiger partial charge is 0.358 e. The van der Waals surface area contributed by atoms with Gasteiger partial charge in [-0.05, 0) is 74.6 Å². The van der Waals surface area contributed by atoms with Crippen LogP contribution in [0.1, 0.15) is 47.3 Å². The Bertz CT molecular complexity index is 720. The monoisotopic (exact) mass is 282 g/mol. The zero-order chi connectivity index (χ0) is 14.6. The van der Waals surface area contributed by atoms with Crippen LogP contribution in [-0.2, 0) is 0 Å². The highest BCUT2D eigenvalue weighted by atomic mass is 16.1. The maximum absolute atomic E-state index is 12.4. The number of hydrogen-bond acceptors (Lipinski definition) is 1. The second-order valence-electron chi connectivity index (χ2n) is 6.95. The molecule has 2 aliphatic rings. The molecule has 1 heterocycles. The van der Waals surface area contributed by atoms with Crippen LogP contribution >= 0.6 is 0 Å². The molecule has 3 heteroatoms. The van der Waals surface area contributed by atoms with Gasteiger partial charge in [-0.25, -0.2) is 0 Å². The van der Waals surface area contributed by atoms with E-state index >= 15 is 0 Å². The summed E-state index contributed by atoms with van der Waals surface area (Å²) in [6.45, 7) is 5.03. The van der Waals surface area contributed by atoms with Crippen molar-refractivity contribution in [2.45, 2.75) is 39.5 Å². The van der Waals surface area contributed by atoms with Gasteiger partial charge in [0.25, 0.3) is 5.91 Å². The van der Waals surface area contributed by atoms with E-state index in [1.165, 1.54) is 36.9 Å². The standard InChI is InChI=1S/C18H22N2O/c1-11-12(2)20-16-6-3-13(9-15(11)16)17(21)19-10-18(7-8-18)14-4-5-14/h3,6,9,14,20H,4-5,7-8,10H2,1-2H3,(H,19,21). The third kappa shape index (κ3) is 2.15. The molecule has 0 unspecified atom stereocenters. The zero-order valence-corrected chi connectivity index (χ0v) is 12.8. The maximum Gasteiger partial charge on any atom is 0.251 e. The van der Waals surface area contributed by atoms with E-state index in [1.54, 1.807) is 0 Å². The molecular formula is C18H22N2O. The fourth-order valence-corrected chi connectivity index (χ4v) is 3.55. The van der Waals surface area contributed by atoms with Gasteiger partial charge in [0.2, 0.25) is 0 Å². The first-order chi connectivity index (χ1) is 10.1. The quantitative estimate of drug-likeness (QED) is 0.882. The summed E-state index contributed by atoms with van der Waals surface area (Å²) in [6.07, 6.45) is 5.33. The lowest BCUT2D eigenvalue weighted by molar-refractivity contribution is 0.0943. The SMILES string of the molecule is Cc1[nH]c2ccc(C(=O)NCC3(C4CC4)CC3)cc2c1C. The Morgan fingerprint density at radius 3 is 2.76 bits per heavy atom. The first kappa shape index (κ1) is 12.9. The summed E-state index contributed by atoms with van der Waals surface area (Å²) in [5, 5.41) is 4.32. The Labute approximate surface area is 125 Å². The average molecular weight is 282 g/mol. The number of aryl methyl sites for hydroxylation is 2. The van der Waals surface area contributed by atoms with Gasteiger partial charge in [0.1, 0.15) is 0 Å². The summed E-state index contributed by atoms with van der Waals surface area (Å²) in [5.74, 6) is 0.955. The highest BCUT2D eigenvalue weighted by Gasteiger charge is 2.53. The highest BCUT2D eigenvalue weighted by molar-refractivity contribution is 5.99. The van der Waals surface area contributed by atoms with E-state index in [1.807, 2.05) is 18.2 Å². The van der Waals surface area contributed by atoms with Crippen LogP contribution in [0.25, 0.3) is 10.9 Å². The van der Waals surface area contributed by atoms with Crippen molar-refractivity contribution in [1.82, 2.24) is 10.3 Å². The third-order valence-corrected chi connectivity index (χ3v) is 5.51. The van der Waals surface area contributed by atoms with E-state index in [4.69, 9.17) is 0 Å². The Balaban J connectivity index is 1.52. The van der Waals surface area contributed by atoms with Gasteiger partial charge in [-0.2, -0.15) is 0 Å². The van der Waals surface area contributed by atoms with E-state index < -0.39 is 0 Å². The lowest BCUT2D eigenvalue weighted by atomic mass is 10.0. The Hall–Kier alpha value is -1.77. The number of fused-ring (bicyclic) bond motifs is 1. The smallest absolute Gasteiger partial charge is 0.251 e.